The molecule has 12 rings (SSSR count). The van der Waals surface area contributed by atoms with Gasteiger partial charge in [-0.05, 0) is 121 Å². The van der Waals surface area contributed by atoms with Crippen molar-refractivity contribution in [3.63, 3.8) is 0 Å². The molecule has 0 radical (unpaired) electrons. The molecule has 0 aliphatic carbocycles. The largest absolute Gasteiger partial charge is 0.315 e. The molecule has 0 saturated heterocycles. The Morgan fingerprint density at radius 1 is 0.414 bits per heavy atom. The number of aryl methyl sites for hydroxylation is 3. The zero-order chi connectivity index (χ0) is 38.6. The number of fused-ring (bicyclic) bond motifs is 6. The van der Waals surface area contributed by atoms with Crippen LogP contribution in [0.5, 0.6) is 0 Å². The van der Waals surface area contributed by atoms with E-state index in [1.165, 1.54) is 88.7 Å². The van der Waals surface area contributed by atoms with E-state index < -0.39 is 0 Å². The molecule has 4 heterocycles. The van der Waals surface area contributed by atoms with Gasteiger partial charge in [0, 0.05) is 56.0 Å². The van der Waals surface area contributed by atoms with Gasteiger partial charge in [0.15, 0.2) is 0 Å². The van der Waals surface area contributed by atoms with Crippen molar-refractivity contribution in [2.45, 2.75) is 20.8 Å². The van der Waals surface area contributed by atoms with Crippen LogP contribution in [0.15, 0.2) is 182 Å². The molecule has 0 saturated carbocycles. The molecule has 0 N–H and O–H groups in total. The highest BCUT2D eigenvalue weighted by Crippen LogP contribution is 2.45. The van der Waals surface area contributed by atoms with Crippen LogP contribution in [0, 0.1) is 20.8 Å². The number of benzene rings is 8. The number of para-hydroxylation sites is 4. The number of nitrogens with zero attached hydrogens (tertiary/aromatic N) is 4. The fourth-order valence-corrected chi connectivity index (χ4v) is 10.2. The van der Waals surface area contributed by atoms with E-state index >= 15 is 0 Å². The van der Waals surface area contributed by atoms with Gasteiger partial charge in [-0.1, -0.05) is 109 Å². The SMILES string of the molecule is Cc1ccc2c3c4c(cc2c1)-n1c(C)cc2c(N(c5ccccc5)c5ccccc5)ccc(c21)B4c1ccc(N(c2ccccc2)c2ccccc2)c2cc(C)n-3c12. The van der Waals surface area contributed by atoms with E-state index in [4.69, 9.17) is 0 Å². The predicted molar refractivity (Wildman–Crippen MR) is 246 cm³/mol. The molecule has 0 unspecified atom stereocenters. The van der Waals surface area contributed by atoms with Crippen LogP contribution in [0.25, 0.3) is 44.0 Å². The smallest absolute Gasteiger partial charge is 0.252 e. The Morgan fingerprint density at radius 3 is 1.34 bits per heavy atom. The Morgan fingerprint density at radius 2 is 0.862 bits per heavy atom. The lowest BCUT2D eigenvalue weighted by molar-refractivity contribution is 1.04. The number of hydrogen-bond donors (Lipinski definition) is 0. The van der Waals surface area contributed by atoms with Gasteiger partial charge < -0.3 is 18.9 Å². The Labute approximate surface area is 338 Å². The van der Waals surface area contributed by atoms with Gasteiger partial charge in [-0.15, -0.1) is 0 Å². The highest BCUT2D eigenvalue weighted by Gasteiger charge is 2.42. The summed E-state index contributed by atoms with van der Waals surface area (Å²) in [7, 11) is 0. The van der Waals surface area contributed by atoms with Gasteiger partial charge in [0.2, 0.25) is 0 Å². The van der Waals surface area contributed by atoms with Gasteiger partial charge in [0.05, 0.1) is 28.1 Å². The molecule has 0 atom stereocenters. The van der Waals surface area contributed by atoms with Gasteiger partial charge in [-0.3, -0.25) is 0 Å². The molecular formula is C53H39BN4. The third kappa shape index (κ3) is 4.59. The summed E-state index contributed by atoms with van der Waals surface area (Å²) in [6, 6.07) is 67.0. The highest BCUT2D eigenvalue weighted by molar-refractivity contribution is 7.00. The van der Waals surface area contributed by atoms with E-state index in [0.29, 0.717) is 0 Å². The molecule has 0 fully saturated rings. The maximum Gasteiger partial charge on any atom is 0.252 e. The minimum atomic E-state index is 0.0382. The fourth-order valence-electron chi connectivity index (χ4n) is 10.2. The summed E-state index contributed by atoms with van der Waals surface area (Å²) in [6.07, 6.45) is 0. The molecule has 8 aromatic carbocycles. The van der Waals surface area contributed by atoms with Crippen LogP contribution in [0.1, 0.15) is 17.0 Å². The summed E-state index contributed by atoms with van der Waals surface area (Å²) in [5.41, 5.74) is 19.8. The van der Waals surface area contributed by atoms with Crippen molar-refractivity contribution in [3.8, 4) is 11.4 Å². The lowest BCUT2D eigenvalue weighted by Crippen LogP contribution is -2.59. The third-order valence-electron chi connectivity index (χ3n) is 12.5. The summed E-state index contributed by atoms with van der Waals surface area (Å²) in [5.74, 6) is 0. The molecule has 10 aromatic rings. The van der Waals surface area contributed by atoms with Crippen LogP contribution in [-0.4, -0.2) is 15.8 Å². The Balaban J connectivity index is 1.19. The van der Waals surface area contributed by atoms with Gasteiger partial charge in [0.1, 0.15) is 0 Å². The standard InChI is InChI=1S/C53H39BN4/c1-34-24-25-42-37(30-34)33-49-50-53(42)56-36(3)32-44-48(58(40-20-12-6-13-21-40)41-22-14-7-15-23-41)29-27-46(52(44)56)54(50)45-26-28-47(43-31-35(2)55(49)51(43)45)57(38-16-8-4-9-17-38)39-18-10-5-11-19-39/h4-33H,1-3H3. The van der Waals surface area contributed by atoms with Crippen molar-refractivity contribution in [2.75, 3.05) is 9.80 Å². The summed E-state index contributed by atoms with van der Waals surface area (Å²) in [6.45, 7) is 6.81. The molecule has 4 nitrogen and oxygen atoms in total. The summed E-state index contributed by atoms with van der Waals surface area (Å²) < 4.78 is 5.14. The van der Waals surface area contributed by atoms with Crippen molar-refractivity contribution < 1.29 is 0 Å². The second kappa shape index (κ2) is 12.4. The Bertz CT molecular complexity index is 3180. The molecule has 5 heteroatoms. The van der Waals surface area contributed by atoms with Crippen LogP contribution in [0.3, 0.4) is 0 Å². The summed E-state index contributed by atoms with van der Waals surface area (Å²) >= 11 is 0. The van der Waals surface area contributed by atoms with Crippen molar-refractivity contribution in [3.05, 3.63) is 199 Å². The molecule has 2 aliphatic heterocycles. The van der Waals surface area contributed by atoms with Gasteiger partial charge in [-0.2, -0.15) is 0 Å². The second-order valence-corrected chi connectivity index (χ2v) is 15.9. The lowest BCUT2D eigenvalue weighted by atomic mass is 9.34. The molecular weight excluding hydrogens is 703 g/mol. The van der Waals surface area contributed by atoms with E-state index in [0.717, 1.165) is 22.7 Å². The molecule has 0 amide bonds. The van der Waals surface area contributed by atoms with E-state index in [1.54, 1.807) is 0 Å². The topological polar surface area (TPSA) is 16.3 Å². The van der Waals surface area contributed by atoms with E-state index in [2.05, 4.69) is 222 Å². The number of hydrogen-bond acceptors (Lipinski definition) is 2. The minimum absolute atomic E-state index is 0.0382. The second-order valence-electron chi connectivity index (χ2n) is 15.9. The molecule has 0 bridgehead atoms. The van der Waals surface area contributed by atoms with Crippen molar-refractivity contribution in [2.24, 2.45) is 0 Å². The summed E-state index contributed by atoms with van der Waals surface area (Å²) in [4.78, 5) is 4.83. The molecule has 0 spiro atoms. The number of anilines is 6. The molecule has 2 aliphatic rings. The average Bonchev–Trinajstić information content (AvgIpc) is 3.80. The number of rotatable bonds is 6. The molecule has 58 heavy (non-hydrogen) atoms. The van der Waals surface area contributed by atoms with Crippen molar-refractivity contribution in [1.29, 1.82) is 0 Å². The minimum Gasteiger partial charge on any atom is -0.315 e. The average molecular weight is 743 g/mol. The van der Waals surface area contributed by atoms with Crippen LogP contribution in [0.2, 0.25) is 0 Å². The maximum absolute atomic E-state index is 2.58. The maximum atomic E-state index is 2.58. The fraction of sp³-hybridized carbons (Fsp3) is 0.0566. The van der Waals surface area contributed by atoms with E-state index in [9.17, 15) is 0 Å². The van der Waals surface area contributed by atoms with Crippen LogP contribution in [0.4, 0.5) is 34.1 Å². The van der Waals surface area contributed by atoms with Crippen LogP contribution >= 0.6 is 0 Å². The first kappa shape index (κ1) is 33.0. The molecule has 274 valence electrons. The van der Waals surface area contributed by atoms with Crippen molar-refractivity contribution in [1.82, 2.24) is 9.13 Å². The highest BCUT2D eigenvalue weighted by atomic mass is 15.2. The molecule has 2 aromatic heterocycles. The quantitative estimate of drug-likeness (QED) is 0.158. The van der Waals surface area contributed by atoms with Crippen LogP contribution < -0.4 is 26.2 Å². The Kier molecular flexibility index (Phi) is 7.04. The number of aromatic nitrogens is 2. The first-order chi connectivity index (χ1) is 28.5. The zero-order valence-corrected chi connectivity index (χ0v) is 32.7. The first-order valence-electron chi connectivity index (χ1n) is 20.2. The normalized spacial score (nSPS) is 12.4. The van der Waals surface area contributed by atoms with E-state index in [1.807, 2.05) is 0 Å². The zero-order valence-electron chi connectivity index (χ0n) is 32.7. The van der Waals surface area contributed by atoms with Crippen molar-refractivity contribution >= 4 is 89.8 Å². The Hall–Kier alpha value is -7.24. The third-order valence-corrected chi connectivity index (χ3v) is 12.5. The lowest BCUT2D eigenvalue weighted by Gasteiger charge is -2.36. The first-order valence-corrected chi connectivity index (χ1v) is 20.2. The van der Waals surface area contributed by atoms with Gasteiger partial charge in [0.25, 0.3) is 6.71 Å². The predicted octanol–water partition coefficient (Wildman–Crippen LogP) is 11.7. The monoisotopic (exact) mass is 742 g/mol. The van der Waals surface area contributed by atoms with Gasteiger partial charge >= 0.3 is 0 Å². The van der Waals surface area contributed by atoms with E-state index in [-0.39, 0.29) is 6.71 Å². The van der Waals surface area contributed by atoms with Crippen LogP contribution in [-0.2, 0) is 0 Å². The summed E-state index contributed by atoms with van der Waals surface area (Å²) in [5, 5.41) is 5.06. The van der Waals surface area contributed by atoms with Gasteiger partial charge in [-0.25, -0.2) is 0 Å².